The minimum absolute atomic E-state index is 0.344. The quantitative estimate of drug-likeness (QED) is 0.805. The Labute approximate surface area is 92.4 Å². The summed E-state index contributed by atoms with van der Waals surface area (Å²) in [5.74, 6) is -2.31. The zero-order chi connectivity index (χ0) is 12.1. The first-order valence-electron chi connectivity index (χ1n) is 4.88. The highest BCUT2D eigenvalue weighted by atomic mass is 19.2. The van der Waals surface area contributed by atoms with Crippen LogP contribution in [-0.4, -0.2) is 19.1 Å². The Bertz CT molecular complexity index is 382. The first-order chi connectivity index (χ1) is 7.58. The maximum atomic E-state index is 12.9. The Morgan fingerprint density at radius 3 is 2.62 bits per heavy atom. The molecule has 3 nitrogen and oxygen atoms in total. The van der Waals surface area contributed by atoms with Gasteiger partial charge in [-0.3, -0.25) is 0 Å². The summed E-state index contributed by atoms with van der Waals surface area (Å²) in [5, 5.41) is 2.77. The van der Waals surface area contributed by atoms with Crippen molar-refractivity contribution in [2.75, 3.05) is 12.4 Å². The summed E-state index contributed by atoms with van der Waals surface area (Å²) < 4.78 is 30.1. The number of benzene rings is 1. The van der Waals surface area contributed by atoms with E-state index >= 15 is 0 Å². The molecule has 0 aliphatic heterocycles. The van der Waals surface area contributed by atoms with Crippen molar-refractivity contribution < 1.29 is 18.3 Å². The van der Waals surface area contributed by atoms with Crippen LogP contribution < -0.4 is 5.32 Å². The summed E-state index contributed by atoms with van der Waals surface area (Å²) in [5.41, 5.74) is 0.344. The van der Waals surface area contributed by atoms with Crippen molar-refractivity contribution in [1.29, 1.82) is 0 Å². The summed E-state index contributed by atoms with van der Waals surface area (Å²) in [7, 11) is 1.28. The van der Waals surface area contributed by atoms with Gasteiger partial charge in [-0.2, -0.15) is 0 Å². The highest BCUT2D eigenvalue weighted by Crippen LogP contribution is 2.15. The molecule has 88 valence electrons. The van der Waals surface area contributed by atoms with E-state index in [0.29, 0.717) is 12.1 Å². The van der Waals surface area contributed by atoms with Gasteiger partial charge in [0.05, 0.1) is 7.11 Å². The number of esters is 1. The molecular formula is C11H13F2NO2. The minimum Gasteiger partial charge on any atom is -0.467 e. The van der Waals surface area contributed by atoms with E-state index in [0.717, 1.165) is 12.1 Å². The van der Waals surface area contributed by atoms with Crippen LogP contribution in [0.3, 0.4) is 0 Å². The van der Waals surface area contributed by atoms with Gasteiger partial charge in [0.2, 0.25) is 0 Å². The Balaban J connectivity index is 2.78. The monoisotopic (exact) mass is 229 g/mol. The fraction of sp³-hybridized carbons (Fsp3) is 0.364. The van der Waals surface area contributed by atoms with Crippen LogP contribution in [0.2, 0.25) is 0 Å². The SMILES string of the molecule is CCC(Nc1ccc(F)c(F)c1)C(=O)OC. The summed E-state index contributed by atoms with van der Waals surface area (Å²) in [6.45, 7) is 1.79. The second-order valence-corrected chi connectivity index (χ2v) is 3.26. The summed E-state index contributed by atoms with van der Waals surface area (Å²) >= 11 is 0. The summed E-state index contributed by atoms with van der Waals surface area (Å²) in [4.78, 5) is 11.2. The number of hydrogen-bond donors (Lipinski definition) is 1. The van der Waals surface area contributed by atoms with Crippen molar-refractivity contribution in [2.24, 2.45) is 0 Å². The lowest BCUT2D eigenvalue weighted by Crippen LogP contribution is -2.29. The van der Waals surface area contributed by atoms with Crippen LogP contribution in [0.4, 0.5) is 14.5 Å². The topological polar surface area (TPSA) is 38.3 Å². The molecule has 0 saturated heterocycles. The van der Waals surface area contributed by atoms with E-state index in [4.69, 9.17) is 0 Å². The molecule has 1 N–H and O–H groups in total. The predicted molar refractivity (Wildman–Crippen MR) is 56.1 cm³/mol. The van der Waals surface area contributed by atoms with E-state index < -0.39 is 23.6 Å². The molecule has 0 radical (unpaired) electrons. The Morgan fingerprint density at radius 2 is 2.12 bits per heavy atom. The molecule has 1 aromatic rings. The molecule has 5 heteroatoms. The number of anilines is 1. The van der Waals surface area contributed by atoms with E-state index in [1.165, 1.54) is 13.2 Å². The molecule has 0 aliphatic carbocycles. The molecular weight excluding hydrogens is 216 g/mol. The molecule has 0 fully saturated rings. The highest BCUT2D eigenvalue weighted by Gasteiger charge is 2.16. The first kappa shape index (κ1) is 12.4. The number of hydrogen-bond acceptors (Lipinski definition) is 3. The molecule has 0 saturated carbocycles. The van der Waals surface area contributed by atoms with E-state index in [1.54, 1.807) is 6.92 Å². The second kappa shape index (κ2) is 5.44. The molecule has 0 aromatic heterocycles. The minimum atomic E-state index is -0.954. The van der Waals surface area contributed by atoms with Crippen molar-refractivity contribution in [3.8, 4) is 0 Å². The van der Waals surface area contributed by atoms with Gasteiger partial charge in [-0.25, -0.2) is 13.6 Å². The molecule has 16 heavy (non-hydrogen) atoms. The molecule has 0 aliphatic rings. The van der Waals surface area contributed by atoms with Gasteiger partial charge in [0.25, 0.3) is 0 Å². The van der Waals surface area contributed by atoms with Crippen molar-refractivity contribution in [1.82, 2.24) is 0 Å². The smallest absolute Gasteiger partial charge is 0.328 e. The Hall–Kier alpha value is -1.65. The lowest BCUT2D eigenvalue weighted by Gasteiger charge is -2.15. The number of carbonyl (C=O) groups excluding carboxylic acids is 1. The maximum Gasteiger partial charge on any atom is 0.328 e. The van der Waals surface area contributed by atoms with E-state index in [-0.39, 0.29) is 0 Å². The van der Waals surface area contributed by atoms with Crippen molar-refractivity contribution in [3.63, 3.8) is 0 Å². The van der Waals surface area contributed by atoms with Gasteiger partial charge in [-0.05, 0) is 18.6 Å². The summed E-state index contributed by atoms with van der Waals surface area (Å²) in [6, 6.07) is 2.81. The van der Waals surface area contributed by atoms with Crippen molar-refractivity contribution in [3.05, 3.63) is 29.8 Å². The van der Waals surface area contributed by atoms with Crippen LogP contribution in [-0.2, 0) is 9.53 Å². The predicted octanol–water partition coefficient (Wildman–Crippen LogP) is 2.33. The van der Waals surface area contributed by atoms with Crippen molar-refractivity contribution in [2.45, 2.75) is 19.4 Å². The fourth-order valence-corrected chi connectivity index (χ4v) is 1.26. The normalized spacial score (nSPS) is 12.0. The molecule has 1 aromatic carbocycles. The third-order valence-corrected chi connectivity index (χ3v) is 2.15. The average Bonchev–Trinajstić information content (AvgIpc) is 2.29. The lowest BCUT2D eigenvalue weighted by molar-refractivity contribution is -0.141. The zero-order valence-corrected chi connectivity index (χ0v) is 9.09. The molecule has 1 atom stereocenters. The number of nitrogens with one attached hydrogen (secondary N) is 1. The Kier molecular flexibility index (Phi) is 4.22. The molecule has 0 heterocycles. The number of methoxy groups -OCH3 is 1. The molecule has 0 bridgehead atoms. The zero-order valence-electron chi connectivity index (χ0n) is 9.09. The van der Waals surface area contributed by atoms with Gasteiger partial charge >= 0.3 is 5.97 Å². The molecule has 1 unspecified atom stereocenters. The van der Waals surface area contributed by atoms with Gasteiger partial charge in [0, 0.05) is 11.8 Å². The van der Waals surface area contributed by atoms with Crippen LogP contribution in [0.1, 0.15) is 13.3 Å². The van der Waals surface area contributed by atoms with Gasteiger partial charge in [-0.1, -0.05) is 6.92 Å². The first-order valence-corrected chi connectivity index (χ1v) is 4.88. The standard InChI is InChI=1S/C11H13F2NO2/c1-3-10(11(15)16-2)14-7-4-5-8(12)9(13)6-7/h4-6,10,14H,3H2,1-2H3. The van der Waals surface area contributed by atoms with Crippen LogP contribution in [0, 0.1) is 11.6 Å². The van der Waals surface area contributed by atoms with Gasteiger partial charge < -0.3 is 10.1 Å². The third kappa shape index (κ3) is 2.92. The van der Waals surface area contributed by atoms with Gasteiger partial charge in [-0.15, -0.1) is 0 Å². The second-order valence-electron chi connectivity index (χ2n) is 3.26. The van der Waals surface area contributed by atoms with Gasteiger partial charge in [0.1, 0.15) is 6.04 Å². The van der Waals surface area contributed by atoms with E-state index in [2.05, 4.69) is 10.1 Å². The van der Waals surface area contributed by atoms with Crippen LogP contribution in [0.5, 0.6) is 0 Å². The third-order valence-electron chi connectivity index (χ3n) is 2.15. The largest absolute Gasteiger partial charge is 0.467 e. The van der Waals surface area contributed by atoms with Crippen LogP contribution >= 0.6 is 0 Å². The van der Waals surface area contributed by atoms with Crippen molar-refractivity contribution >= 4 is 11.7 Å². The van der Waals surface area contributed by atoms with E-state index in [9.17, 15) is 13.6 Å². The fourth-order valence-electron chi connectivity index (χ4n) is 1.26. The highest BCUT2D eigenvalue weighted by molar-refractivity contribution is 5.79. The van der Waals surface area contributed by atoms with Crippen LogP contribution in [0.25, 0.3) is 0 Å². The number of halogens is 2. The molecule has 1 rings (SSSR count). The maximum absolute atomic E-state index is 12.9. The molecule has 0 amide bonds. The molecule has 0 spiro atoms. The average molecular weight is 229 g/mol. The summed E-state index contributed by atoms with van der Waals surface area (Å²) in [6.07, 6.45) is 0.492. The Morgan fingerprint density at radius 1 is 1.44 bits per heavy atom. The van der Waals surface area contributed by atoms with Crippen LogP contribution in [0.15, 0.2) is 18.2 Å². The van der Waals surface area contributed by atoms with E-state index in [1.807, 2.05) is 0 Å². The lowest BCUT2D eigenvalue weighted by atomic mass is 10.2. The van der Waals surface area contributed by atoms with Gasteiger partial charge in [0.15, 0.2) is 11.6 Å². The number of carbonyl (C=O) groups is 1. The number of rotatable bonds is 4. The number of ether oxygens (including phenoxy) is 1.